The smallest absolute Gasteiger partial charge is 0.136 e. The van der Waals surface area contributed by atoms with Crippen molar-refractivity contribution in [2.75, 3.05) is 0 Å². The largest absolute Gasteiger partial charge is 0.457 e. The molecular weight excluding hydrogens is 574 g/mol. The van der Waals surface area contributed by atoms with Gasteiger partial charge in [0.15, 0.2) is 0 Å². The Morgan fingerprint density at radius 1 is 0.659 bits per heavy atom. The number of aromatic amines is 1. The van der Waals surface area contributed by atoms with Crippen molar-refractivity contribution in [3.63, 3.8) is 0 Å². The SMILES string of the molecule is BrC1=CC2C(c3nc(-c4ccc(Oc5ccccc5)cc4)c(-c4ccc(Oc5ccccc5)cc4)[nH]3)=CNC2C=C1. The lowest BCUT2D eigenvalue weighted by Crippen LogP contribution is -2.25. The van der Waals surface area contributed by atoms with Crippen molar-refractivity contribution in [2.24, 2.45) is 5.92 Å². The van der Waals surface area contributed by atoms with E-state index in [-0.39, 0.29) is 12.0 Å². The minimum atomic E-state index is 0.185. The van der Waals surface area contributed by atoms with Crippen LogP contribution in [0.2, 0.25) is 0 Å². The molecule has 0 radical (unpaired) electrons. The molecule has 5 nitrogen and oxygen atoms in total. The number of hydrogen-bond donors (Lipinski definition) is 2. The topological polar surface area (TPSA) is 59.2 Å². The van der Waals surface area contributed by atoms with Crippen molar-refractivity contribution in [3.05, 3.63) is 144 Å². The number of fused-ring (bicyclic) bond motifs is 1. The highest BCUT2D eigenvalue weighted by Gasteiger charge is 2.31. The van der Waals surface area contributed by atoms with E-state index in [1.54, 1.807) is 0 Å². The first-order valence-corrected chi connectivity index (χ1v) is 14.3. The highest BCUT2D eigenvalue weighted by molar-refractivity contribution is 9.11. The number of benzene rings is 4. The predicted molar refractivity (Wildman–Crippen MR) is 167 cm³/mol. The quantitative estimate of drug-likeness (QED) is 0.196. The fourth-order valence-corrected chi connectivity index (χ4v) is 5.58. The fourth-order valence-electron chi connectivity index (χ4n) is 5.14. The Hall–Kier alpha value is -4.81. The number of hydrogen-bond acceptors (Lipinski definition) is 4. The van der Waals surface area contributed by atoms with E-state index in [1.165, 1.54) is 0 Å². The molecule has 0 bridgehead atoms. The lowest BCUT2D eigenvalue weighted by Gasteiger charge is -2.19. The third-order valence-electron chi connectivity index (χ3n) is 7.18. The first-order valence-electron chi connectivity index (χ1n) is 13.5. The maximum Gasteiger partial charge on any atom is 0.136 e. The van der Waals surface area contributed by atoms with Gasteiger partial charge >= 0.3 is 0 Å². The van der Waals surface area contributed by atoms with Gasteiger partial charge in [0.1, 0.15) is 28.8 Å². The molecule has 0 amide bonds. The molecule has 200 valence electrons. The van der Waals surface area contributed by atoms with E-state index in [0.29, 0.717) is 0 Å². The molecule has 2 aliphatic rings. The van der Waals surface area contributed by atoms with Gasteiger partial charge in [0.2, 0.25) is 0 Å². The molecule has 2 unspecified atom stereocenters. The van der Waals surface area contributed by atoms with Gasteiger partial charge < -0.3 is 19.8 Å². The molecule has 1 aromatic heterocycles. The van der Waals surface area contributed by atoms with Crippen molar-refractivity contribution in [3.8, 4) is 45.5 Å². The third kappa shape index (κ3) is 5.34. The molecule has 1 aliphatic carbocycles. The highest BCUT2D eigenvalue weighted by atomic mass is 79.9. The number of nitrogens with one attached hydrogen (secondary N) is 2. The number of imidazole rings is 1. The maximum atomic E-state index is 6.03. The minimum Gasteiger partial charge on any atom is -0.457 e. The summed E-state index contributed by atoms with van der Waals surface area (Å²) < 4.78 is 13.1. The lowest BCUT2D eigenvalue weighted by atomic mass is 9.91. The van der Waals surface area contributed by atoms with Gasteiger partial charge in [0.05, 0.1) is 17.4 Å². The van der Waals surface area contributed by atoms with Crippen LogP contribution in [0.3, 0.4) is 0 Å². The van der Waals surface area contributed by atoms with E-state index in [0.717, 1.165) is 61.4 Å². The number of rotatable bonds is 7. The zero-order valence-corrected chi connectivity index (χ0v) is 23.6. The Morgan fingerprint density at radius 2 is 1.22 bits per heavy atom. The molecule has 41 heavy (non-hydrogen) atoms. The summed E-state index contributed by atoms with van der Waals surface area (Å²) in [5.41, 5.74) is 4.96. The molecule has 7 rings (SSSR count). The standard InChI is InChI=1S/C35H26BrN3O2/c36-25-15-20-32-30(21-25)31(22-37-32)35-38-33(23-11-16-28(17-12-23)40-26-7-3-1-4-8-26)34(39-35)24-13-18-29(19-14-24)41-27-9-5-2-6-10-27/h1-22,30,32,37H,(H,38,39). The normalized spacial score (nSPS) is 17.3. The van der Waals surface area contributed by atoms with Crippen molar-refractivity contribution in [2.45, 2.75) is 6.04 Å². The number of halogens is 1. The lowest BCUT2D eigenvalue weighted by molar-refractivity contribution is 0.482. The summed E-state index contributed by atoms with van der Waals surface area (Å²) in [6.07, 6.45) is 8.56. The van der Waals surface area contributed by atoms with Gasteiger partial charge in [0, 0.05) is 33.3 Å². The Morgan fingerprint density at radius 3 is 1.83 bits per heavy atom. The highest BCUT2D eigenvalue weighted by Crippen LogP contribution is 2.39. The number of H-pyrrole nitrogens is 1. The van der Waals surface area contributed by atoms with Crippen LogP contribution in [0, 0.1) is 5.92 Å². The van der Waals surface area contributed by atoms with Crippen LogP contribution in [0.5, 0.6) is 23.0 Å². The van der Waals surface area contributed by atoms with Crippen LogP contribution in [-0.2, 0) is 0 Å². The summed E-state index contributed by atoms with van der Waals surface area (Å²) in [6, 6.07) is 36.0. The molecule has 2 heterocycles. The van der Waals surface area contributed by atoms with Gasteiger partial charge in [-0.3, -0.25) is 0 Å². The third-order valence-corrected chi connectivity index (χ3v) is 7.71. The van der Waals surface area contributed by atoms with Crippen LogP contribution in [0.25, 0.3) is 28.1 Å². The molecule has 4 aromatic carbocycles. The average Bonchev–Trinajstić information content (AvgIpc) is 3.63. The summed E-state index contributed by atoms with van der Waals surface area (Å²) in [5, 5.41) is 3.49. The van der Waals surface area contributed by atoms with E-state index in [4.69, 9.17) is 14.5 Å². The summed E-state index contributed by atoms with van der Waals surface area (Å²) in [7, 11) is 0. The van der Waals surface area contributed by atoms with Crippen LogP contribution >= 0.6 is 15.9 Å². The van der Waals surface area contributed by atoms with Crippen LogP contribution in [0.1, 0.15) is 5.82 Å². The fraction of sp³-hybridized carbons (Fsp3) is 0.0571. The second kappa shape index (κ2) is 11.0. The first kappa shape index (κ1) is 25.2. The second-order valence-electron chi connectivity index (χ2n) is 9.92. The van der Waals surface area contributed by atoms with E-state index in [9.17, 15) is 0 Å². The zero-order valence-electron chi connectivity index (χ0n) is 22.0. The molecule has 0 saturated carbocycles. The molecule has 0 saturated heterocycles. The summed E-state index contributed by atoms with van der Waals surface area (Å²) in [6.45, 7) is 0. The minimum absolute atomic E-state index is 0.185. The molecule has 0 spiro atoms. The van der Waals surface area contributed by atoms with Crippen LogP contribution < -0.4 is 14.8 Å². The van der Waals surface area contributed by atoms with Gasteiger partial charge in [0.25, 0.3) is 0 Å². The van der Waals surface area contributed by atoms with Crippen molar-refractivity contribution >= 4 is 21.5 Å². The Balaban J connectivity index is 1.23. The Kier molecular flexibility index (Phi) is 6.75. The zero-order chi connectivity index (χ0) is 27.6. The van der Waals surface area contributed by atoms with E-state index >= 15 is 0 Å². The van der Waals surface area contributed by atoms with Gasteiger partial charge in [-0.2, -0.15) is 0 Å². The van der Waals surface area contributed by atoms with E-state index in [1.807, 2.05) is 84.9 Å². The number of ether oxygens (including phenoxy) is 2. The second-order valence-corrected chi connectivity index (χ2v) is 10.8. The predicted octanol–water partition coefficient (Wildman–Crippen LogP) is 9.11. The molecule has 0 fully saturated rings. The van der Waals surface area contributed by atoms with Crippen molar-refractivity contribution in [1.82, 2.24) is 15.3 Å². The first-order chi connectivity index (χ1) is 20.2. The monoisotopic (exact) mass is 599 g/mol. The molecular formula is C35H26BrN3O2. The molecule has 6 heteroatoms. The summed E-state index contributed by atoms with van der Waals surface area (Å²) in [4.78, 5) is 8.80. The van der Waals surface area contributed by atoms with E-state index < -0.39 is 0 Å². The maximum absolute atomic E-state index is 6.03. The molecule has 5 aromatic rings. The Labute approximate surface area is 247 Å². The van der Waals surface area contributed by atoms with E-state index in [2.05, 4.69) is 74.9 Å². The van der Waals surface area contributed by atoms with Crippen LogP contribution in [0.15, 0.2) is 138 Å². The van der Waals surface area contributed by atoms with Crippen LogP contribution in [0.4, 0.5) is 0 Å². The van der Waals surface area contributed by atoms with Gasteiger partial charge in [-0.05, 0) is 72.8 Å². The molecule has 2 atom stereocenters. The Bertz CT molecular complexity index is 1650. The number of allylic oxidation sites excluding steroid dienone is 2. The van der Waals surface area contributed by atoms with Crippen LogP contribution in [-0.4, -0.2) is 16.0 Å². The van der Waals surface area contributed by atoms with Crippen molar-refractivity contribution < 1.29 is 9.47 Å². The number of nitrogens with zero attached hydrogens (tertiary/aromatic N) is 1. The number of aromatic nitrogens is 2. The van der Waals surface area contributed by atoms with Gasteiger partial charge in [-0.1, -0.05) is 70.6 Å². The summed E-state index contributed by atoms with van der Waals surface area (Å²) >= 11 is 3.64. The molecule has 1 aliphatic heterocycles. The van der Waals surface area contributed by atoms with Crippen molar-refractivity contribution in [1.29, 1.82) is 0 Å². The molecule has 2 N–H and O–H groups in total. The van der Waals surface area contributed by atoms with Gasteiger partial charge in [-0.15, -0.1) is 0 Å². The summed E-state index contributed by atoms with van der Waals surface area (Å²) in [5.74, 6) is 4.18. The average molecular weight is 601 g/mol. The number of para-hydroxylation sites is 2. The van der Waals surface area contributed by atoms with Gasteiger partial charge in [-0.25, -0.2) is 4.98 Å².